The van der Waals surface area contributed by atoms with Gasteiger partial charge in [-0.05, 0) is 23.3 Å². The van der Waals surface area contributed by atoms with Crippen LogP contribution < -0.4 is 10.6 Å². The number of benzene rings is 2. The van der Waals surface area contributed by atoms with Crippen LogP contribution in [0.1, 0.15) is 5.56 Å². The number of hydrogen-bond acceptors (Lipinski definition) is 6. The van der Waals surface area contributed by atoms with Crippen LogP contribution in [-0.2, 0) is 11.3 Å². The molecular weight excluding hydrogens is 372 g/mol. The van der Waals surface area contributed by atoms with E-state index in [2.05, 4.69) is 42.9 Å². The third kappa shape index (κ3) is 3.79. The fraction of sp³-hybridized carbons (Fsp3) is 0.0952. The van der Waals surface area contributed by atoms with Crippen LogP contribution in [-0.4, -0.2) is 23.2 Å². The molecule has 2 aromatic heterocycles. The fourth-order valence-corrected chi connectivity index (χ4v) is 3.82. The predicted molar refractivity (Wildman–Crippen MR) is 113 cm³/mol. The molecule has 0 unspecified atom stereocenters. The minimum atomic E-state index is -0.486. The van der Waals surface area contributed by atoms with Gasteiger partial charge < -0.3 is 10.1 Å². The summed E-state index contributed by atoms with van der Waals surface area (Å²) in [6.07, 6.45) is 1.10. The number of anilines is 2. The number of nitrogens with one attached hydrogen (secondary N) is 2. The molecule has 2 aromatic carbocycles. The first-order valence-corrected chi connectivity index (χ1v) is 9.58. The first kappa shape index (κ1) is 17.9. The van der Waals surface area contributed by atoms with Gasteiger partial charge in [-0.25, -0.2) is 14.8 Å². The van der Waals surface area contributed by atoms with Crippen molar-refractivity contribution < 1.29 is 9.53 Å². The van der Waals surface area contributed by atoms with Crippen LogP contribution in [0.2, 0.25) is 0 Å². The number of methoxy groups -OCH3 is 1. The van der Waals surface area contributed by atoms with E-state index in [0.29, 0.717) is 12.2 Å². The molecule has 6 nitrogen and oxygen atoms in total. The molecule has 4 aromatic rings. The molecular formula is C21H18N4O2S. The molecule has 0 bridgehead atoms. The summed E-state index contributed by atoms with van der Waals surface area (Å²) < 4.78 is 4.60. The van der Waals surface area contributed by atoms with Gasteiger partial charge >= 0.3 is 6.09 Å². The van der Waals surface area contributed by atoms with Gasteiger partial charge in [0.05, 0.1) is 12.5 Å². The molecule has 28 heavy (non-hydrogen) atoms. The van der Waals surface area contributed by atoms with E-state index in [1.807, 2.05) is 42.5 Å². The van der Waals surface area contributed by atoms with Crippen LogP contribution in [0, 0.1) is 0 Å². The summed E-state index contributed by atoms with van der Waals surface area (Å²) >= 11 is 1.61. The molecule has 0 fully saturated rings. The van der Waals surface area contributed by atoms with Crippen LogP contribution in [0.15, 0.2) is 66.3 Å². The summed E-state index contributed by atoms with van der Waals surface area (Å²) in [7, 11) is 1.34. The second-order valence-electron chi connectivity index (χ2n) is 6.08. The Morgan fingerprint density at radius 3 is 2.61 bits per heavy atom. The lowest BCUT2D eigenvalue weighted by molar-refractivity contribution is 0.187. The van der Waals surface area contributed by atoms with Crippen molar-refractivity contribution in [1.82, 2.24) is 9.97 Å². The van der Waals surface area contributed by atoms with Crippen molar-refractivity contribution in [3.63, 3.8) is 0 Å². The van der Waals surface area contributed by atoms with E-state index in [4.69, 9.17) is 0 Å². The maximum absolute atomic E-state index is 11.3. The van der Waals surface area contributed by atoms with Gasteiger partial charge in [0.2, 0.25) is 0 Å². The highest BCUT2D eigenvalue weighted by atomic mass is 32.1. The summed E-state index contributed by atoms with van der Waals surface area (Å²) in [5.74, 6) is 0.807. The molecule has 0 radical (unpaired) electrons. The molecule has 4 rings (SSSR count). The lowest BCUT2D eigenvalue weighted by Crippen LogP contribution is -2.10. The Labute approximate surface area is 166 Å². The minimum absolute atomic E-state index is 0.486. The Kier molecular flexibility index (Phi) is 5.16. The van der Waals surface area contributed by atoms with Crippen molar-refractivity contribution in [2.45, 2.75) is 6.54 Å². The summed E-state index contributed by atoms with van der Waals surface area (Å²) in [5.41, 5.74) is 4.02. The third-order valence-electron chi connectivity index (χ3n) is 4.30. The Balaban J connectivity index is 1.55. The van der Waals surface area contributed by atoms with Crippen molar-refractivity contribution in [2.24, 2.45) is 0 Å². The normalized spacial score (nSPS) is 10.6. The first-order valence-electron chi connectivity index (χ1n) is 8.70. The van der Waals surface area contributed by atoms with Crippen LogP contribution in [0.5, 0.6) is 0 Å². The highest BCUT2D eigenvalue weighted by molar-refractivity contribution is 7.17. The van der Waals surface area contributed by atoms with Gasteiger partial charge in [-0.15, -0.1) is 11.3 Å². The molecule has 0 spiro atoms. The largest absolute Gasteiger partial charge is 0.453 e. The number of thiophene rings is 1. The molecule has 2 N–H and O–H groups in total. The average molecular weight is 390 g/mol. The molecule has 1 amide bonds. The molecule has 0 saturated heterocycles. The van der Waals surface area contributed by atoms with Gasteiger partial charge in [-0.1, -0.05) is 42.5 Å². The molecule has 0 atom stereocenters. The number of aromatic nitrogens is 2. The van der Waals surface area contributed by atoms with E-state index in [1.54, 1.807) is 17.7 Å². The van der Waals surface area contributed by atoms with Gasteiger partial charge in [0, 0.05) is 23.2 Å². The van der Waals surface area contributed by atoms with E-state index in [9.17, 15) is 4.79 Å². The standard InChI is InChI=1S/C21H18N4O2S/c1-27-21(26)25-16-9-7-14(8-10-16)11-22-19-18-17(15-5-3-2-4-6-15)12-28-20(18)24-13-23-19/h2-10,12-13H,11H2,1H3,(H,25,26)(H,22,23,24). The molecule has 0 aliphatic carbocycles. The lowest BCUT2D eigenvalue weighted by atomic mass is 10.1. The fourth-order valence-electron chi connectivity index (χ4n) is 2.90. The van der Waals surface area contributed by atoms with Crippen LogP contribution in [0.25, 0.3) is 21.3 Å². The highest BCUT2D eigenvalue weighted by Gasteiger charge is 2.12. The van der Waals surface area contributed by atoms with Gasteiger partial charge in [0.15, 0.2) is 0 Å². The van der Waals surface area contributed by atoms with Crippen LogP contribution in [0.3, 0.4) is 0 Å². The predicted octanol–water partition coefficient (Wildman–Crippen LogP) is 5.15. The highest BCUT2D eigenvalue weighted by Crippen LogP contribution is 2.36. The van der Waals surface area contributed by atoms with Crippen molar-refractivity contribution in [1.29, 1.82) is 0 Å². The lowest BCUT2D eigenvalue weighted by Gasteiger charge is -2.09. The number of carbonyl (C=O) groups excluding carboxylic acids is 1. The van der Waals surface area contributed by atoms with Crippen LogP contribution in [0.4, 0.5) is 16.3 Å². The van der Waals surface area contributed by atoms with Gasteiger partial charge in [-0.2, -0.15) is 0 Å². The number of ether oxygens (including phenoxy) is 1. The summed E-state index contributed by atoms with van der Waals surface area (Å²) in [6, 6.07) is 17.8. The molecule has 0 aliphatic rings. The van der Waals surface area contributed by atoms with E-state index >= 15 is 0 Å². The Bertz CT molecular complexity index is 1090. The van der Waals surface area contributed by atoms with E-state index in [-0.39, 0.29) is 0 Å². The van der Waals surface area contributed by atoms with E-state index in [1.165, 1.54) is 7.11 Å². The van der Waals surface area contributed by atoms with E-state index in [0.717, 1.165) is 32.7 Å². The van der Waals surface area contributed by atoms with Crippen molar-refractivity contribution in [3.05, 3.63) is 71.9 Å². The third-order valence-corrected chi connectivity index (χ3v) is 5.19. The number of fused-ring (bicyclic) bond motifs is 1. The Morgan fingerprint density at radius 1 is 1.07 bits per heavy atom. The van der Waals surface area contributed by atoms with Crippen LogP contribution >= 0.6 is 11.3 Å². The Hall–Kier alpha value is -3.45. The minimum Gasteiger partial charge on any atom is -0.453 e. The molecule has 0 aliphatic heterocycles. The van der Waals surface area contributed by atoms with Gasteiger partial charge in [0.1, 0.15) is 17.0 Å². The first-order chi connectivity index (χ1) is 13.7. The number of carbonyl (C=O) groups is 1. The SMILES string of the molecule is COC(=O)Nc1ccc(CNc2ncnc3scc(-c4ccccc4)c23)cc1. The maximum atomic E-state index is 11.3. The number of amides is 1. The van der Waals surface area contributed by atoms with Crippen molar-refractivity contribution in [2.75, 3.05) is 17.7 Å². The van der Waals surface area contributed by atoms with Gasteiger partial charge in [-0.3, -0.25) is 5.32 Å². The summed E-state index contributed by atoms with van der Waals surface area (Å²) in [6.45, 7) is 0.606. The number of nitrogens with zero attached hydrogens (tertiary/aromatic N) is 2. The summed E-state index contributed by atoms with van der Waals surface area (Å²) in [4.78, 5) is 21.1. The monoisotopic (exact) mass is 390 g/mol. The maximum Gasteiger partial charge on any atom is 0.411 e. The topological polar surface area (TPSA) is 76.1 Å². The van der Waals surface area contributed by atoms with Crippen molar-refractivity contribution >= 4 is 39.2 Å². The molecule has 7 heteroatoms. The molecule has 0 saturated carbocycles. The second kappa shape index (κ2) is 8.06. The zero-order valence-corrected chi connectivity index (χ0v) is 16.0. The molecule has 2 heterocycles. The van der Waals surface area contributed by atoms with E-state index < -0.39 is 6.09 Å². The average Bonchev–Trinajstić information content (AvgIpc) is 3.18. The second-order valence-corrected chi connectivity index (χ2v) is 6.94. The quantitative estimate of drug-likeness (QED) is 0.493. The smallest absolute Gasteiger partial charge is 0.411 e. The zero-order chi connectivity index (χ0) is 19.3. The number of rotatable bonds is 5. The van der Waals surface area contributed by atoms with Gasteiger partial charge in [0.25, 0.3) is 0 Å². The zero-order valence-electron chi connectivity index (χ0n) is 15.2. The molecule has 140 valence electrons. The Morgan fingerprint density at radius 2 is 1.86 bits per heavy atom. The number of hydrogen-bond donors (Lipinski definition) is 2. The van der Waals surface area contributed by atoms with Crippen molar-refractivity contribution in [3.8, 4) is 11.1 Å². The summed E-state index contributed by atoms with van der Waals surface area (Å²) in [5, 5.41) is 9.20.